The van der Waals surface area contributed by atoms with Crippen LogP contribution in [0.3, 0.4) is 0 Å². The summed E-state index contributed by atoms with van der Waals surface area (Å²) in [5.41, 5.74) is 6.40. The van der Waals surface area contributed by atoms with E-state index in [9.17, 15) is 4.79 Å². The highest BCUT2D eigenvalue weighted by atomic mass is 127. The van der Waals surface area contributed by atoms with E-state index in [1.807, 2.05) is 24.3 Å². The molecule has 1 amide bonds. The van der Waals surface area contributed by atoms with Gasteiger partial charge in [-0.2, -0.15) is 0 Å². The van der Waals surface area contributed by atoms with E-state index in [4.69, 9.17) is 5.73 Å². The van der Waals surface area contributed by atoms with Gasteiger partial charge in [0.15, 0.2) is 0 Å². The summed E-state index contributed by atoms with van der Waals surface area (Å²) < 4.78 is 1.11. The number of carbonyl (C=O) groups excluding carboxylic acids is 1. The van der Waals surface area contributed by atoms with Crippen LogP contribution in [0.4, 0.5) is 5.69 Å². The molecule has 1 aliphatic carbocycles. The standard InChI is InChI=1S/C14H19IN2O/c1-10-4-3-7-14(16,9-10)13(18)17-12-6-2-5-11(15)8-12/h2,5-6,8,10H,3-4,7,9,16H2,1H3,(H,17,18). The zero-order valence-corrected chi connectivity index (χ0v) is 12.7. The Balaban J connectivity index is 2.07. The van der Waals surface area contributed by atoms with Crippen molar-refractivity contribution < 1.29 is 4.79 Å². The van der Waals surface area contributed by atoms with E-state index in [0.717, 1.165) is 28.5 Å². The summed E-state index contributed by atoms with van der Waals surface area (Å²) in [6.07, 6.45) is 3.78. The predicted octanol–water partition coefficient (Wildman–Crippen LogP) is 3.14. The largest absolute Gasteiger partial charge is 0.324 e. The van der Waals surface area contributed by atoms with Crippen molar-refractivity contribution in [3.05, 3.63) is 27.8 Å². The summed E-state index contributed by atoms with van der Waals surface area (Å²) in [6, 6.07) is 7.78. The minimum absolute atomic E-state index is 0.0453. The number of hydrogen-bond acceptors (Lipinski definition) is 2. The maximum atomic E-state index is 12.3. The van der Waals surface area contributed by atoms with Crippen LogP contribution >= 0.6 is 22.6 Å². The second kappa shape index (κ2) is 5.57. The zero-order chi connectivity index (χ0) is 13.2. The summed E-state index contributed by atoms with van der Waals surface area (Å²) in [5, 5.41) is 2.94. The molecule has 1 aliphatic rings. The molecule has 0 radical (unpaired) electrons. The van der Waals surface area contributed by atoms with Crippen molar-refractivity contribution in [1.29, 1.82) is 0 Å². The molecule has 4 heteroatoms. The highest BCUT2D eigenvalue weighted by Crippen LogP contribution is 2.31. The Hall–Kier alpha value is -0.620. The van der Waals surface area contributed by atoms with Crippen molar-refractivity contribution in [3.63, 3.8) is 0 Å². The van der Waals surface area contributed by atoms with E-state index in [-0.39, 0.29) is 5.91 Å². The van der Waals surface area contributed by atoms with Crippen LogP contribution in [-0.2, 0) is 4.79 Å². The van der Waals surface area contributed by atoms with Crippen molar-refractivity contribution in [2.75, 3.05) is 5.32 Å². The Morgan fingerprint density at radius 2 is 2.33 bits per heavy atom. The van der Waals surface area contributed by atoms with Crippen LogP contribution in [0.1, 0.15) is 32.6 Å². The highest BCUT2D eigenvalue weighted by molar-refractivity contribution is 14.1. The molecule has 1 saturated carbocycles. The average Bonchev–Trinajstić information content (AvgIpc) is 2.28. The molecule has 98 valence electrons. The van der Waals surface area contributed by atoms with Gasteiger partial charge in [-0.15, -0.1) is 0 Å². The molecule has 1 fully saturated rings. The third kappa shape index (κ3) is 3.23. The van der Waals surface area contributed by atoms with Gasteiger partial charge in [0, 0.05) is 9.26 Å². The molecule has 3 nitrogen and oxygen atoms in total. The number of hydrogen-bond donors (Lipinski definition) is 2. The van der Waals surface area contributed by atoms with Crippen LogP contribution in [0.5, 0.6) is 0 Å². The third-order valence-electron chi connectivity index (χ3n) is 3.57. The lowest BCUT2D eigenvalue weighted by Gasteiger charge is -2.35. The predicted molar refractivity (Wildman–Crippen MR) is 82.3 cm³/mol. The Morgan fingerprint density at radius 1 is 1.56 bits per heavy atom. The van der Waals surface area contributed by atoms with Gasteiger partial charge in [0.2, 0.25) is 5.91 Å². The fourth-order valence-corrected chi connectivity index (χ4v) is 3.16. The molecule has 18 heavy (non-hydrogen) atoms. The molecule has 0 aliphatic heterocycles. The van der Waals surface area contributed by atoms with Crippen molar-refractivity contribution in [2.24, 2.45) is 11.7 Å². The summed E-state index contributed by atoms with van der Waals surface area (Å²) >= 11 is 2.23. The van der Waals surface area contributed by atoms with E-state index in [0.29, 0.717) is 5.92 Å². The Morgan fingerprint density at radius 3 is 3.00 bits per heavy atom. The monoisotopic (exact) mass is 358 g/mol. The number of amides is 1. The molecule has 0 bridgehead atoms. The Labute approximate surface area is 122 Å². The molecule has 2 atom stereocenters. The lowest BCUT2D eigenvalue weighted by atomic mass is 9.76. The van der Waals surface area contributed by atoms with Crippen molar-refractivity contribution in [1.82, 2.24) is 0 Å². The van der Waals surface area contributed by atoms with E-state index in [1.165, 1.54) is 6.42 Å². The summed E-state index contributed by atoms with van der Waals surface area (Å²) in [7, 11) is 0. The number of benzene rings is 1. The van der Waals surface area contributed by atoms with Gasteiger partial charge in [-0.1, -0.05) is 25.8 Å². The lowest BCUT2D eigenvalue weighted by Crippen LogP contribution is -2.53. The molecule has 3 N–H and O–H groups in total. The first kappa shape index (κ1) is 13.8. The lowest BCUT2D eigenvalue weighted by molar-refractivity contribution is -0.122. The molecule has 2 unspecified atom stereocenters. The van der Waals surface area contributed by atoms with Crippen molar-refractivity contribution in [3.8, 4) is 0 Å². The highest BCUT2D eigenvalue weighted by Gasteiger charge is 2.37. The van der Waals surface area contributed by atoms with E-state index < -0.39 is 5.54 Å². The first-order valence-electron chi connectivity index (χ1n) is 6.35. The molecular weight excluding hydrogens is 339 g/mol. The Bertz CT molecular complexity index is 449. The maximum Gasteiger partial charge on any atom is 0.244 e. The quantitative estimate of drug-likeness (QED) is 0.798. The first-order valence-corrected chi connectivity index (χ1v) is 7.43. The molecule has 0 saturated heterocycles. The topological polar surface area (TPSA) is 55.1 Å². The normalized spacial score (nSPS) is 27.8. The van der Waals surface area contributed by atoms with Gasteiger partial charge in [0.25, 0.3) is 0 Å². The van der Waals surface area contributed by atoms with Crippen molar-refractivity contribution in [2.45, 2.75) is 38.1 Å². The van der Waals surface area contributed by atoms with E-state index in [2.05, 4.69) is 34.8 Å². The third-order valence-corrected chi connectivity index (χ3v) is 4.24. The number of carbonyl (C=O) groups is 1. The molecule has 1 aromatic rings. The molecule has 0 spiro atoms. The second-order valence-electron chi connectivity index (χ2n) is 5.32. The summed E-state index contributed by atoms with van der Waals surface area (Å²) in [4.78, 5) is 12.3. The maximum absolute atomic E-state index is 12.3. The smallest absolute Gasteiger partial charge is 0.244 e. The van der Waals surface area contributed by atoms with Crippen LogP contribution in [0, 0.1) is 9.49 Å². The van der Waals surface area contributed by atoms with Gasteiger partial charge in [-0.05, 0) is 59.5 Å². The Kier molecular flexibility index (Phi) is 4.27. The van der Waals surface area contributed by atoms with Crippen LogP contribution in [0.15, 0.2) is 24.3 Å². The van der Waals surface area contributed by atoms with Gasteiger partial charge in [-0.3, -0.25) is 4.79 Å². The summed E-state index contributed by atoms with van der Waals surface area (Å²) in [6.45, 7) is 2.17. The zero-order valence-electron chi connectivity index (χ0n) is 10.6. The molecule has 0 aromatic heterocycles. The van der Waals surface area contributed by atoms with Gasteiger partial charge >= 0.3 is 0 Å². The SMILES string of the molecule is CC1CCCC(N)(C(=O)Nc2cccc(I)c2)C1. The molecular formula is C14H19IN2O. The summed E-state index contributed by atoms with van der Waals surface area (Å²) in [5.74, 6) is 0.487. The van der Waals surface area contributed by atoms with E-state index in [1.54, 1.807) is 0 Å². The second-order valence-corrected chi connectivity index (χ2v) is 6.57. The first-order chi connectivity index (χ1) is 8.49. The number of anilines is 1. The number of rotatable bonds is 2. The number of halogens is 1. The van der Waals surface area contributed by atoms with Gasteiger partial charge in [-0.25, -0.2) is 0 Å². The number of nitrogens with two attached hydrogens (primary N) is 1. The number of nitrogens with one attached hydrogen (secondary N) is 1. The van der Waals surface area contributed by atoms with Crippen LogP contribution in [-0.4, -0.2) is 11.4 Å². The molecule has 0 heterocycles. The fourth-order valence-electron chi connectivity index (χ4n) is 2.62. The van der Waals surface area contributed by atoms with Crippen molar-refractivity contribution >= 4 is 34.2 Å². The van der Waals surface area contributed by atoms with Gasteiger partial charge < -0.3 is 11.1 Å². The van der Waals surface area contributed by atoms with Crippen LogP contribution in [0.2, 0.25) is 0 Å². The fraction of sp³-hybridized carbons (Fsp3) is 0.500. The average molecular weight is 358 g/mol. The molecule has 1 aromatic carbocycles. The van der Waals surface area contributed by atoms with Crippen LogP contribution in [0.25, 0.3) is 0 Å². The minimum Gasteiger partial charge on any atom is -0.324 e. The van der Waals surface area contributed by atoms with Gasteiger partial charge in [0.05, 0.1) is 5.54 Å². The van der Waals surface area contributed by atoms with Crippen LogP contribution < -0.4 is 11.1 Å². The van der Waals surface area contributed by atoms with Gasteiger partial charge in [0.1, 0.15) is 0 Å². The molecule has 2 rings (SSSR count). The minimum atomic E-state index is -0.695. The van der Waals surface area contributed by atoms with E-state index >= 15 is 0 Å².